The molecule has 0 bridgehead atoms. The lowest BCUT2D eigenvalue weighted by Crippen LogP contribution is -2.39. The Bertz CT molecular complexity index is 785. The average Bonchev–Trinajstić information content (AvgIpc) is 3.09. The van der Waals surface area contributed by atoms with E-state index in [4.69, 9.17) is 0 Å². The summed E-state index contributed by atoms with van der Waals surface area (Å²) in [7, 11) is -3.61. The van der Waals surface area contributed by atoms with Gasteiger partial charge in [-0.05, 0) is 41.8 Å². The third-order valence-electron chi connectivity index (χ3n) is 3.89. The van der Waals surface area contributed by atoms with Gasteiger partial charge in [0.05, 0.1) is 12.6 Å². The number of thiophene rings is 1. The monoisotopic (exact) mass is 350 g/mol. The number of hydrogen-bond donors (Lipinski definition) is 2. The number of sulfonamides is 1. The Morgan fingerprint density at radius 1 is 1.22 bits per heavy atom. The smallest absolute Gasteiger partial charge is 0.250 e. The van der Waals surface area contributed by atoms with E-state index in [1.165, 1.54) is 11.6 Å². The fourth-order valence-electron chi connectivity index (χ4n) is 2.80. The minimum Gasteiger partial charge on any atom is -0.348 e. The van der Waals surface area contributed by atoms with E-state index in [9.17, 15) is 13.2 Å². The molecule has 0 aliphatic heterocycles. The van der Waals surface area contributed by atoms with Gasteiger partial charge in [-0.25, -0.2) is 13.1 Å². The highest BCUT2D eigenvalue weighted by atomic mass is 32.2. The van der Waals surface area contributed by atoms with Gasteiger partial charge < -0.3 is 5.32 Å². The highest BCUT2D eigenvalue weighted by Gasteiger charge is 2.22. The van der Waals surface area contributed by atoms with E-state index in [0.29, 0.717) is 0 Å². The Morgan fingerprint density at radius 3 is 2.83 bits per heavy atom. The molecule has 0 radical (unpaired) electrons. The number of benzene rings is 1. The van der Waals surface area contributed by atoms with Crippen molar-refractivity contribution in [2.24, 2.45) is 0 Å². The molecule has 1 heterocycles. The number of fused-ring (bicyclic) bond motifs is 1. The minimum absolute atomic E-state index is 0.0429. The first-order valence-corrected chi connectivity index (χ1v) is 9.83. The van der Waals surface area contributed by atoms with E-state index < -0.39 is 10.0 Å². The van der Waals surface area contributed by atoms with E-state index in [-0.39, 0.29) is 22.7 Å². The molecule has 1 aliphatic rings. The zero-order valence-corrected chi connectivity index (χ0v) is 14.1. The summed E-state index contributed by atoms with van der Waals surface area (Å²) in [6.07, 6.45) is 2.91. The number of nitrogens with one attached hydrogen (secondary N) is 2. The molecule has 3 rings (SSSR count). The molecule has 0 fully saturated rings. The molecule has 1 aromatic heterocycles. The van der Waals surface area contributed by atoms with Crippen LogP contribution in [0.2, 0.25) is 0 Å². The summed E-state index contributed by atoms with van der Waals surface area (Å²) in [5.74, 6) is -0.313. The number of carbonyl (C=O) groups excluding carboxylic acids is 1. The third-order valence-corrected chi connectivity index (χ3v) is 6.69. The highest BCUT2D eigenvalue weighted by Crippen LogP contribution is 2.29. The van der Waals surface area contributed by atoms with Gasteiger partial charge >= 0.3 is 0 Å². The van der Waals surface area contributed by atoms with Crippen molar-refractivity contribution in [3.63, 3.8) is 0 Å². The maximum atomic E-state index is 12.1. The first-order valence-electron chi connectivity index (χ1n) is 7.46. The first kappa shape index (κ1) is 16.2. The summed E-state index contributed by atoms with van der Waals surface area (Å²) in [6, 6.07) is 11.2. The second kappa shape index (κ2) is 6.82. The third kappa shape index (κ3) is 3.80. The van der Waals surface area contributed by atoms with Gasteiger partial charge in [-0.3, -0.25) is 4.79 Å². The maximum Gasteiger partial charge on any atom is 0.250 e. The summed E-state index contributed by atoms with van der Waals surface area (Å²) in [4.78, 5) is 12.1. The first-order chi connectivity index (χ1) is 11.1. The molecule has 0 spiro atoms. The molecule has 2 aromatic rings. The zero-order valence-electron chi connectivity index (χ0n) is 12.5. The lowest BCUT2D eigenvalue weighted by Gasteiger charge is -2.26. The van der Waals surface area contributed by atoms with Crippen LogP contribution in [0.4, 0.5) is 0 Å². The van der Waals surface area contributed by atoms with Gasteiger partial charge in [-0.1, -0.05) is 30.3 Å². The Balaban J connectivity index is 1.61. The summed E-state index contributed by atoms with van der Waals surface area (Å²) in [5, 5.41) is 4.62. The summed E-state index contributed by atoms with van der Waals surface area (Å²) < 4.78 is 26.6. The number of hydrogen-bond acceptors (Lipinski definition) is 4. The van der Waals surface area contributed by atoms with Crippen LogP contribution < -0.4 is 10.0 Å². The van der Waals surface area contributed by atoms with Gasteiger partial charge in [0.25, 0.3) is 10.0 Å². The number of carbonyl (C=O) groups is 1. The van der Waals surface area contributed by atoms with Gasteiger partial charge in [-0.15, -0.1) is 11.3 Å². The van der Waals surface area contributed by atoms with Crippen LogP contribution >= 0.6 is 11.3 Å². The molecule has 0 saturated carbocycles. The second-order valence-corrected chi connectivity index (χ2v) is 8.41. The topological polar surface area (TPSA) is 75.3 Å². The Kier molecular flexibility index (Phi) is 4.79. The van der Waals surface area contributed by atoms with Gasteiger partial charge in [-0.2, -0.15) is 0 Å². The minimum atomic E-state index is -3.61. The predicted octanol–water partition coefficient (Wildman–Crippen LogP) is 2.22. The molecule has 1 amide bonds. The standard InChI is InChI=1S/C16H18N2O3S2/c19-15(11-17-23(20,21)16-9-4-10-22-16)18-14-8-3-6-12-5-1-2-7-13(12)14/h1-2,4-5,7,9-10,14,17H,3,6,8,11H2,(H,18,19). The van der Waals surface area contributed by atoms with Crippen molar-refractivity contribution >= 4 is 27.3 Å². The van der Waals surface area contributed by atoms with Crippen LogP contribution in [0.15, 0.2) is 46.0 Å². The quantitative estimate of drug-likeness (QED) is 0.868. The molecule has 5 nitrogen and oxygen atoms in total. The molecule has 1 aliphatic carbocycles. The van der Waals surface area contributed by atoms with Crippen LogP contribution in [-0.4, -0.2) is 20.9 Å². The van der Waals surface area contributed by atoms with Crippen molar-refractivity contribution < 1.29 is 13.2 Å². The molecule has 2 N–H and O–H groups in total. The van der Waals surface area contributed by atoms with E-state index in [0.717, 1.165) is 36.2 Å². The van der Waals surface area contributed by atoms with E-state index in [1.54, 1.807) is 11.4 Å². The van der Waals surface area contributed by atoms with E-state index >= 15 is 0 Å². The highest BCUT2D eigenvalue weighted by molar-refractivity contribution is 7.91. The summed E-state index contributed by atoms with van der Waals surface area (Å²) in [5.41, 5.74) is 2.39. The predicted molar refractivity (Wildman–Crippen MR) is 89.8 cm³/mol. The Hall–Kier alpha value is -1.70. The van der Waals surface area contributed by atoms with Crippen molar-refractivity contribution in [1.82, 2.24) is 10.0 Å². The van der Waals surface area contributed by atoms with Crippen LogP contribution in [0.3, 0.4) is 0 Å². The molecule has 1 unspecified atom stereocenters. The maximum absolute atomic E-state index is 12.1. The van der Waals surface area contributed by atoms with Crippen LogP contribution in [0.25, 0.3) is 0 Å². The van der Waals surface area contributed by atoms with Crippen molar-refractivity contribution in [1.29, 1.82) is 0 Å². The van der Waals surface area contributed by atoms with Gasteiger partial charge in [0.2, 0.25) is 5.91 Å². The molecular formula is C16H18N2O3S2. The van der Waals surface area contributed by atoms with Crippen molar-refractivity contribution in [2.45, 2.75) is 29.5 Å². The molecule has 1 aromatic carbocycles. The Morgan fingerprint density at radius 2 is 2.04 bits per heavy atom. The fraction of sp³-hybridized carbons (Fsp3) is 0.312. The number of aryl methyl sites for hydroxylation is 1. The molecule has 7 heteroatoms. The Labute approximate surface area is 139 Å². The summed E-state index contributed by atoms with van der Waals surface area (Å²) >= 11 is 1.13. The zero-order chi connectivity index (χ0) is 16.3. The lowest BCUT2D eigenvalue weighted by atomic mass is 9.88. The lowest BCUT2D eigenvalue weighted by molar-refractivity contribution is -0.120. The number of rotatable bonds is 5. The van der Waals surface area contributed by atoms with Crippen LogP contribution in [-0.2, 0) is 21.2 Å². The van der Waals surface area contributed by atoms with Crippen LogP contribution in [0, 0.1) is 0 Å². The second-order valence-electron chi connectivity index (χ2n) is 5.47. The average molecular weight is 350 g/mol. The van der Waals surface area contributed by atoms with E-state index in [2.05, 4.69) is 16.1 Å². The molecular weight excluding hydrogens is 332 g/mol. The van der Waals surface area contributed by atoms with Crippen molar-refractivity contribution in [2.75, 3.05) is 6.54 Å². The SMILES string of the molecule is O=C(CNS(=O)(=O)c1cccs1)NC1CCCc2ccccc21. The summed E-state index contributed by atoms with van der Waals surface area (Å²) in [6.45, 7) is -0.251. The van der Waals surface area contributed by atoms with Crippen molar-refractivity contribution in [3.05, 3.63) is 52.9 Å². The normalized spacial score (nSPS) is 17.5. The number of amides is 1. The van der Waals surface area contributed by atoms with Gasteiger partial charge in [0.15, 0.2) is 0 Å². The molecule has 1 atom stereocenters. The largest absolute Gasteiger partial charge is 0.348 e. The molecule has 122 valence electrons. The molecule has 0 saturated heterocycles. The van der Waals surface area contributed by atoms with Crippen LogP contribution in [0.5, 0.6) is 0 Å². The van der Waals surface area contributed by atoms with Crippen molar-refractivity contribution in [3.8, 4) is 0 Å². The van der Waals surface area contributed by atoms with E-state index in [1.807, 2.05) is 18.2 Å². The molecule has 23 heavy (non-hydrogen) atoms. The van der Waals surface area contributed by atoms with Crippen LogP contribution in [0.1, 0.15) is 30.0 Å². The van der Waals surface area contributed by atoms with Gasteiger partial charge in [0, 0.05) is 0 Å². The fourth-order valence-corrected chi connectivity index (χ4v) is 4.82. The van der Waals surface area contributed by atoms with Gasteiger partial charge in [0.1, 0.15) is 4.21 Å².